The molecule has 0 aliphatic heterocycles. The predicted octanol–water partition coefficient (Wildman–Crippen LogP) is 3.97. The number of benzene rings is 1. The van der Waals surface area contributed by atoms with Crippen molar-refractivity contribution >= 4 is 12.1 Å². The number of unbranched alkanes of at least 4 members (excludes halogenated alkanes) is 1. The maximum Gasteiger partial charge on any atom is 0.174 e. The van der Waals surface area contributed by atoms with Gasteiger partial charge >= 0.3 is 0 Å². The first-order valence-electron chi connectivity index (χ1n) is 5.73. The highest BCUT2D eigenvalue weighted by atomic mass is 19.1. The second-order valence-corrected chi connectivity index (χ2v) is 3.64. The Morgan fingerprint density at radius 3 is 2.82 bits per heavy atom. The zero-order valence-corrected chi connectivity index (χ0v) is 10.3. The summed E-state index contributed by atoms with van der Waals surface area (Å²) < 4.78 is 17.7. The minimum absolute atomic E-state index is 0.484. The summed E-state index contributed by atoms with van der Waals surface area (Å²) in [7, 11) is 1.54. The van der Waals surface area contributed by atoms with E-state index in [9.17, 15) is 4.39 Å². The summed E-state index contributed by atoms with van der Waals surface area (Å²) in [6, 6.07) is 7.37. The number of allylic oxidation sites excluding steroid dienone is 1. The molecule has 0 fully saturated rings. The van der Waals surface area contributed by atoms with Gasteiger partial charge in [-0.1, -0.05) is 43.7 Å². The van der Waals surface area contributed by atoms with E-state index in [1.807, 2.05) is 24.3 Å². The molecular formula is C14H18FNO. The van der Waals surface area contributed by atoms with Crippen molar-refractivity contribution in [2.75, 3.05) is 7.11 Å². The molecule has 0 atom stereocenters. The molecule has 0 bridgehead atoms. The third-order valence-electron chi connectivity index (χ3n) is 2.36. The van der Waals surface area contributed by atoms with Gasteiger partial charge in [-0.3, -0.25) is 0 Å². The first kappa shape index (κ1) is 13.4. The van der Waals surface area contributed by atoms with Crippen molar-refractivity contribution in [3.05, 3.63) is 41.5 Å². The Labute approximate surface area is 102 Å². The van der Waals surface area contributed by atoms with Gasteiger partial charge < -0.3 is 4.74 Å². The van der Waals surface area contributed by atoms with Crippen LogP contribution in [0.2, 0.25) is 0 Å². The van der Waals surface area contributed by atoms with Gasteiger partial charge in [0, 0.05) is 5.56 Å². The number of alkyl halides is 1. The van der Waals surface area contributed by atoms with Crippen LogP contribution in [0, 0.1) is 0 Å². The number of aliphatic imine (C=N–C) groups is 1. The van der Waals surface area contributed by atoms with Crippen molar-refractivity contribution in [2.24, 2.45) is 4.99 Å². The van der Waals surface area contributed by atoms with Crippen LogP contribution in [0.3, 0.4) is 0 Å². The molecule has 0 saturated heterocycles. The third-order valence-corrected chi connectivity index (χ3v) is 2.36. The summed E-state index contributed by atoms with van der Waals surface area (Å²) in [5, 5.41) is 0. The summed E-state index contributed by atoms with van der Waals surface area (Å²) in [6.45, 7) is 1.61. The number of hydrogen-bond donors (Lipinski definition) is 0. The van der Waals surface area contributed by atoms with Crippen molar-refractivity contribution in [3.8, 4) is 0 Å². The maximum atomic E-state index is 12.9. The molecule has 1 rings (SSSR count). The molecule has 0 radical (unpaired) electrons. The lowest BCUT2D eigenvalue weighted by atomic mass is 10.0. The largest absolute Gasteiger partial charge is 0.486 e. The van der Waals surface area contributed by atoms with Gasteiger partial charge in [0.1, 0.15) is 6.67 Å². The second-order valence-electron chi connectivity index (χ2n) is 3.64. The van der Waals surface area contributed by atoms with E-state index < -0.39 is 6.67 Å². The Morgan fingerprint density at radius 1 is 1.41 bits per heavy atom. The number of methoxy groups -OCH3 is 1. The van der Waals surface area contributed by atoms with E-state index in [4.69, 9.17) is 4.74 Å². The van der Waals surface area contributed by atoms with Crippen LogP contribution in [0.1, 0.15) is 30.9 Å². The molecule has 92 valence electrons. The summed E-state index contributed by atoms with van der Waals surface area (Å²) in [5.74, 6) is 0. The number of ether oxygens (including phenoxy) is 1. The lowest BCUT2D eigenvalue weighted by Crippen LogP contribution is -1.91. The van der Waals surface area contributed by atoms with Crippen molar-refractivity contribution in [3.63, 3.8) is 0 Å². The molecule has 1 aromatic rings. The topological polar surface area (TPSA) is 21.6 Å². The molecule has 0 unspecified atom stereocenters. The van der Waals surface area contributed by atoms with Crippen LogP contribution in [0.4, 0.5) is 4.39 Å². The van der Waals surface area contributed by atoms with Crippen LogP contribution >= 0.6 is 0 Å². The molecule has 0 amide bonds. The predicted molar refractivity (Wildman–Crippen MR) is 69.6 cm³/mol. The van der Waals surface area contributed by atoms with Crippen LogP contribution < -0.4 is 0 Å². The van der Waals surface area contributed by atoms with E-state index in [0.29, 0.717) is 5.56 Å². The van der Waals surface area contributed by atoms with Crippen LogP contribution in [0.5, 0.6) is 0 Å². The Kier molecular flexibility index (Phi) is 6.00. The zero-order chi connectivity index (χ0) is 12.5. The molecule has 0 N–H and O–H groups in total. The van der Waals surface area contributed by atoms with Crippen LogP contribution in [-0.4, -0.2) is 13.5 Å². The smallest absolute Gasteiger partial charge is 0.174 e. The van der Waals surface area contributed by atoms with E-state index >= 15 is 0 Å². The quantitative estimate of drug-likeness (QED) is 0.540. The standard InChI is InChI=1S/C14H18FNO/c1-3-4-9-14(16-11-17-2)13-8-6-5-7-12(13)10-15/h5-9,11H,3-4,10H2,1-2H3/b14-9+,16-11?. The highest BCUT2D eigenvalue weighted by Gasteiger charge is 2.05. The minimum atomic E-state index is -0.484. The SMILES string of the molecule is CCC/C=C(/N=COC)c1ccccc1CF. The van der Waals surface area contributed by atoms with Gasteiger partial charge in [-0.05, 0) is 12.0 Å². The fourth-order valence-corrected chi connectivity index (χ4v) is 1.51. The third kappa shape index (κ3) is 4.02. The summed E-state index contributed by atoms with van der Waals surface area (Å²) in [6.07, 6.45) is 5.32. The Hall–Kier alpha value is -1.64. The lowest BCUT2D eigenvalue weighted by molar-refractivity contribution is 0.423. The number of hydrogen-bond acceptors (Lipinski definition) is 2. The molecule has 1 aromatic carbocycles. The molecular weight excluding hydrogens is 217 g/mol. The maximum absolute atomic E-state index is 12.9. The van der Waals surface area contributed by atoms with E-state index in [1.54, 1.807) is 13.2 Å². The highest BCUT2D eigenvalue weighted by Crippen LogP contribution is 2.22. The molecule has 0 aliphatic rings. The number of halogens is 1. The van der Waals surface area contributed by atoms with Gasteiger partial charge in [0.05, 0.1) is 12.8 Å². The van der Waals surface area contributed by atoms with Gasteiger partial charge in [-0.15, -0.1) is 0 Å². The van der Waals surface area contributed by atoms with Crippen molar-refractivity contribution in [1.29, 1.82) is 0 Å². The van der Waals surface area contributed by atoms with E-state index in [1.165, 1.54) is 6.40 Å². The first-order chi connectivity index (χ1) is 8.33. The zero-order valence-electron chi connectivity index (χ0n) is 10.3. The number of rotatable bonds is 6. The normalized spacial score (nSPS) is 12.1. The second kappa shape index (κ2) is 7.60. The van der Waals surface area contributed by atoms with Crippen molar-refractivity contribution in [2.45, 2.75) is 26.4 Å². The molecule has 3 heteroatoms. The van der Waals surface area contributed by atoms with Crippen LogP contribution in [0.25, 0.3) is 5.70 Å². The van der Waals surface area contributed by atoms with Gasteiger partial charge in [-0.25, -0.2) is 9.38 Å². The molecule has 0 aliphatic carbocycles. The van der Waals surface area contributed by atoms with Crippen molar-refractivity contribution in [1.82, 2.24) is 0 Å². The Balaban J connectivity index is 3.07. The Morgan fingerprint density at radius 2 is 2.18 bits per heavy atom. The Bertz CT molecular complexity index is 399. The molecule has 0 spiro atoms. The average molecular weight is 235 g/mol. The molecule has 0 heterocycles. The molecule has 0 saturated carbocycles. The van der Waals surface area contributed by atoms with Crippen LogP contribution in [0.15, 0.2) is 35.3 Å². The lowest BCUT2D eigenvalue weighted by Gasteiger charge is -2.06. The average Bonchev–Trinajstić information content (AvgIpc) is 2.39. The molecule has 2 nitrogen and oxygen atoms in total. The summed E-state index contributed by atoms with van der Waals surface area (Å²) in [4.78, 5) is 4.21. The van der Waals surface area contributed by atoms with Gasteiger partial charge in [-0.2, -0.15) is 0 Å². The van der Waals surface area contributed by atoms with Gasteiger partial charge in [0.2, 0.25) is 0 Å². The van der Waals surface area contributed by atoms with Crippen molar-refractivity contribution < 1.29 is 9.13 Å². The fourth-order valence-electron chi connectivity index (χ4n) is 1.51. The monoisotopic (exact) mass is 235 g/mol. The first-order valence-corrected chi connectivity index (χ1v) is 5.73. The minimum Gasteiger partial charge on any atom is -0.486 e. The molecule has 0 aromatic heterocycles. The highest BCUT2D eigenvalue weighted by molar-refractivity contribution is 5.72. The summed E-state index contributed by atoms with van der Waals surface area (Å²) in [5.41, 5.74) is 2.25. The molecule has 17 heavy (non-hydrogen) atoms. The van der Waals surface area contributed by atoms with E-state index in [0.717, 1.165) is 24.1 Å². The number of nitrogens with zero attached hydrogens (tertiary/aromatic N) is 1. The van der Waals surface area contributed by atoms with E-state index in [2.05, 4.69) is 11.9 Å². The fraction of sp³-hybridized carbons (Fsp3) is 0.357. The van der Waals surface area contributed by atoms with Gasteiger partial charge in [0.25, 0.3) is 0 Å². The summed E-state index contributed by atoms with van der Waals surface area (Å²) >= 11 is 0. The van der Waals surface area contributed by atoms with Crippen LogP contribution in [-0.2, 0) is 11.4 Å². The van der Waals surface area contributed by atoms with E-state index in [-0.39, 0.29) is 0 Å². The van der Waals surface area contributed by atoms with Gasteiger partial charge in [0.15, 0.2) is 6.40 Å².